The average molecular weight is 164 g/mol. The molecule has 12 heavy (non-hydrogen) atoms. The van der Waals surface area contributed by atoms with E-state index >= 15 is 0 Å². The van der Waals surface area contributed by atoms with Crippen LogP contribution in [0.4, 0.5) is 5.69 Å². The van der Waals surface area contributed by atoms with Gasteiger partial charge in [0, 0.05) is 0 Å². The standard InChI is InChI=1S/C9H10NO2/c11-9(12)6-7-10-8-4-2-1-3-5-8/h1-5H,6-7H2,(H,11,12). The van der Waals surface area contributed by atoms with Gasteiger partial charge in [-0.15, -0.1) is 0 Å². The summed E-state index contributed by atoms with van der Waals surface area (Å²) in [5.74, 6) is -0.810. The van der Waals surface area contributed by atoms with Crippen LogP contribution in [0.3, 0.4) is 0 Å². The van der Waals surface area contributed by atoms with Gasteiger partial charge in [0.1, 0.15) is 0 Å². The summed E-state index contributed by atoms with van der Waals surface area (Å²) in [6, 6.07) is 9.35. The number of para-hydroxylation sites is 1. The number of hydrogen-bond donors (Lipinski definition) is 1. The topological polar surface area (TPSA) is 51.4 Å². The fraction of sp³-hybridized carbons (Fsp3) is 0.222. The molecule has 0 amide bonds. The van der Waals surface area contributed by atoms with Crippen molar-refractivity contribution in [3.05, 3.63) is 30.3 Å². The van der Waals surface area contributed by atoms with Gasteiger partial charge in [-0.3, -0.25) is 10.1 Å². The predicted molar refractivity (Wildman–Crippen MR) is 45.4 cm³/mol. The van der Waals surface area contributed by atoms with Crippen LogP contribution in [0.5, 0.6) is 0 Å². The smallest absolute Gasteiger partial charge is 0.305 e. The molecule has 0 aliphatic heterocycles. The zero-order valence-corrected chi connectivity index (χ0v) is 6.60. The van der Waals surface area contributed by atoms with Crippen LogP contribution in [0.2, 0.25) is 0 Å². The van der Waals surface area contributed by atoms with E-state index in [9.17, 15) is 4.79 Å². The Morgan fingerprint density at radius 3 is 2.58 bits per heavy atom. The van der Waals surface area contributed by atoms with Gasteiger partial charge in [-0.2, -0.15) is 0 Å². The second-order valence-corrected chi connectivity index (χ2v) is 2.36. The molecule has 0 heterocycles. The second-order valence-electron chi connectivity index (χ2n) is 2.36. The van der Waals surface area contributed by atoms with Gasteiger partial charge in [0.2, 0.25) is 0 Å². The zero-order chi connectivity index (χ0) is 8.81. The number of aliphatic carboxylic acids is 1. The highest BCUT2D eigenvalue weighted by molar-refractivity contribution is 5.67. The van der Waals surface area contributed by atoms with Gasteiger partial charge in [-0.1, -0.05) is 18.2 Å². The zero-order valence-electron chi connectivity index (χ0n) is 6.60. The van der Waals surface area contributed by atoms with Crippen molar-refractivity contribution in [2.24, 2.45) is 0 Å². The van der Waals surface area contributed by atoms with Crippen molar-refractivity contribution < 1.29 is 9.90 Å². The molecule has 1 N–H and O–H groups in total. The summed E-state index contributed by atoms with van der Waals surface area (Å²) < 4.78 is 0. The van der Waals surface area contributed by atoms with E-state index in [0.29, 0.717) is 6.54 Å². The fourth-order valence-electron chi connectivity index (χ4n) is 0.814. The number of benzene rings is 1. The number of rotatable bonds is 4. The lowest BCUT2D eigenvalue weighted by atomic mass is 10.3. The molecule has 0 saturated carbocycles. The van der Waals surface area contributed by atoms with Crippen LogP contribution in [0.15, 0.2) is 30.3 Å². The molecule has 0 fully saturated rings. The Hall–Kier alpha value is -1.51. The summed E-state index contributed by atoms with van der Waals surface area (Å²) >= 11 is 0. The molecular weight excluding hydrogens is 154 g/mol. The molecular formula is C9H10NO2. The van der Waals surface area contributed by atoms with Gasteiger partial charge >= 0.3 is 5.97 Å². The molecule has 0 unspecified atom stereocenters. The summed E-state index contributed by atoms with van der Waals surface area (Å²) in [5, 5.41) is 12.4. The highest BCUT2D eigenvalue weighted by Crippen LogP contribution is 2.04. The number of hydrogen-bond acceptors (Lipinski definition) is 1. The number of carboxylic acid groups (broad SMARTS) is 1. The van der Waals surface area contributed by atoms with E-state index in [1.54, 1.807) is 0 Å². The third-order valence-corrected chi connectivity index (χ3v) is 1.38. The van der Waals surface area contributed by atoms with Crippen LogP contribution >= 0.6 is 0 Å². The summed E-state index contributed by atoms with van der Waals surface area (Å²) in [4.78, 5) is 10.1. The minimum absolute atomic E-state index is 0.0922. The van der Waals surface area contributed by atoms with Crippen molar-refractivity contribution in [2.75, 3.05) is 6.54 Å². The van der Waals surface area contributed by atoms with Gasteiger partial charge < -0.3 is 5.11 Å². The van der Waals surface area contributed by atoms with Gasteiger partial charge in [-0.25, -0.2) is 0 Å². The molecule has 0 spiro atoms. The molecule has 1 radical (unpaired) electrons. The molecule has 0 bridgehead atoms. The maximum absolute atomic E-state index is 10.1. The Morgan fingerprint density at radius 2 is 2.00 bits per heavy atom. The largest absolute Gasteiger partial charge is 0.481 e. The summed E-state index contributed by atoms with van der Waals surface area (Å²) in [6.45, 7) is 0.347. The lowest BCUT2D eigenvalue weighted by Gasteiger charge is -1.98. The Morgan fingerprint density at radius 1 is 1.33 bits per heavy atom. The van der Waals surface area contributed by atoms with Crippen LogP contribution in [0.25, 0.3) is 0 Å². The maximum Gasteiger partial charge on any atom is 0.305 e. The molecule has 1 aromatic carbocycles. The van der Waals surface area contributed by atoms with E-state index in [1.807, 2.05) is 30.3 Å². The van der Waals surface area contributed by atoms with Crippen LogP contribution < -0.4 is 5.32 Å². The van der Waals surface area contributed by atoms with E-state index in [2.05, 4.69) is 5.32 Å². The molecule has 0 aromatic heterocycles. The molecule has 3 heteroatoms. The summed E-state index contributed by atoms with van der Waals surface area (Å²) in [5.41, 5.74) is 0.832. The van der Waals surface area contributed by atoms with Crippen LogP contribution in [0, 0.1) is 0 Å². The third kappa shape index (κ3) is 3.05. The number of carbonyl (C=O) groups is 1. The first kappa shape index (κ1) is 8.59. The minimum atomic E-state index is -0.810. The monoisotopic (exact) mass is 164 g/mol. The highest BCUT2D eigenvalue weighted by atomic mass is 16.4. The molecule has 0 aliphatic carbocycles. The van der Waals surface area contributed by atoms with Gasteiger partial charge in [0.15, 0.2) is 0 Å². The number of carboxylic acids is 1. The molecule has 0 atom stereocenters. The maximum atomic E-state index is 10.1. The van der Waals surface area contributed by atoms with Crippen LogP contribution in [0.1, 0.15) is 6.42 Å². The van der Waals surface area contributed by atoms with Crippen molar-refractivity contribution >= 4 is 11.7 Å². The molecule has 0 saturated heterocycles. The van der Waals surface area contributed by atoms with Crippen molar-refractivity contribution in [3.63, 3.8) is 0 Å². The molecule has 3 nitrogen and oxygen atoms in total. The van der Waals surface area contributed by atoms with Gasteiger partial charge in [0.25, 0.3) is 0 Å². The van der Waals surface area contributed by atoms with Crippen molar-refractivity contribution in [2.45, 2.75) is 6.42 Å². The second kappa shape index (κ2) is 4.38. The predicted octanol–water partition coefficient (Wildman–Crippen LogP) is 1.40. The van der Waals surface area contributed by atoms with Crippen molar-refractivity contribution in [1.29, 1.82) is 0 Å². The Kier molecular flexibility index (Phi) is 3.14. The normalized spacial score (nSPS) is 9.33. The van der Waals surface area contributed by atoms with E-state index < -0.39 is 5.97 Å². The van der Waals surface area contributed by atoms with Gasteiger partial charge in [0.05, 0.1) is 18.7 Å². The Balaban J connectivity index is 2.29. The van der Waals surface area contributed by atoms with E-state index in [4.69, 9.17) is 5.11 Å². The van der Waals surface area contributed by atoms with Crippen molar-refractivity contribution in [1.82, 2.24) is 5.32 Å². The summed E-state index contributed by atoms with van der Waals surface area (Å²) in [7, 11) is 0. The number of nitrogens with zero attached hydrogens (tertiary/aromatic N) is 1. The molecule has 1 aromatic rings. The van der Waals surface area contributed by atoms with Crippen LogP contribution in [-0.2, 0) is 4.79 Å². The first-order valence-corrected chi connectivity index (χ1v) is 3.73. The highest BCUT2D eigenvalue weighted by Gasteiger charge is 1.96. The third-order valence-electron chi connectivity index (χ3n) is 1.38. The average Bonchev–Trinajstić information content (AvgIpc) is 2.05. The first-order valence-electron chi connectivity index (χ1n) is 3.73. The molecule has 1 rings (SSSR count). The quantitative estimate of drug-likeness (QED) is 0.731. The van der Waals surface area contributed by atoms with E-state index in [0.717, 1.165) is 5.69 Å². The lowest BCUT2D eigenvalue weighted by Crippen LogP contribution is -2.06. The fourth-order valence-corrected chi connectivity index (χ4v) is 0.814. The van der Waals surface area contributed by atoms with E-state index in [-0.39, 0.29) is 6.42 Å². The lowest BCUT2D eigenvalue weighted by molar-refractivity contribution is -0.136. The van der Waals surface area contributed by atoms with Crippen LogP contribution in [-0.4, -0.2) is 17.6 Å². The Bertz CT molecular complexity index is 246. The van der Waals surface area contributed by atoms with Gasteiger partial charge in [-0.05, 0) is 12.1 Å². The SMILES string of the molecule is O=C(O)CC[N]c1ccccc1. The van der Waals surface area contributed by atoms with E-state index in [1.165, 1.54) is 0 Å². The molecule has 63 valence electrons. The van der Waals surface area contributed by atoms with Crippen molar-refractivity contribution in [3.8, 4) is 0 Å². The molecule has 0 aliphatic rings. The Labute approximate surface area is 71.0 Å². The summed E-state index contributed by atoms with van der Waals surface area (Å²) in [6.07, 6.45) is 0.0922. The first-order chi connectivity index (χ1) is 5.79. The minimum Gasteiger partial charge on any atom is -0.481 e.